The topological polar surface area (TPSA) is 101 Å². The van der Waals surface area contributed by atoms with Crippen LogP contribution in [0.15, 0.2) is 23.8 Å². The summed E-state index contributed by atoms with van der Waals surface area (Å²) in [7, 11) is 0. The molecule has 0 aliphatic heterocycles. The highest BCUT2D eigenvalue weighted by Gasteiger charge is 2.26. The maximum absolute atomic E-state index is 11.2. The van der Waals surface area contributed by atoms with Crippen LogP contribution in [0.4, 0.5) is 11.5 Å². The van der Waals surface area contributed by atoms with Crippen molar-refractivity contribution < 1.29 is 9.90 Å². The van der Waals surface area contributed by atoms with Crippen LogP contribution in [-0.2, 0) is 5.54 Å². The van der Waals surface area contributed by atoms with E-state index in [2.05, 4.69) is 15.3 Å². The molecular weight excluding hydrogens is 264 g/mol. The van der Waals surface area contributed by atoms with Crippen LogP contribution in [0.2, 0.25) is 0 Å². The van der Waals surface area contributed by atoms with Crippen LogP contribution < -0.4 is 11.1 Å². The van der Waals surface area contributed by atoms with Gasteiger partial charge in [0.2, 0.25) is 0 Å². The second-order valence-corrected chi connectivity index (χ2v) is 5.45. The maximum atomic E-state index is 11.2. The monoisotopic (exact) mass is 278 g/mol. The normalized spacial score (nSPS) is 11.3. The lowest BCUT2D eigenvalue weighted by Crippen LogP contribution is -2.29. The average molecular weight is 278 g/mol. The summed E-state index contributed by atoms with van der Waals surface area (Å²) in [5.74, 6) is -0.792. The lowest BCUT2D eigenvalue weighted by atomic mass is 10.1. The second-order valence-electron chi connectivity index (χ2n) is 4.56. The molecule has 7 heteroatoms. The zero-order chi connectivity index (χ0) is 14.0. The standard InChI is InChI=1S/C12H14N4O2S/c1-12(2,11-14-3-4-19-11)16-9-8(10(17)18)5-7(13)6-15-9/h3-6H,13H2,1-2H3,(H,15,16)(H,17,18). The number of carboxylic acid groups (broad SMARTS) is 1. The van der Waals surface area contributed by atoms with Gasteiger partial charge in [0.25, 0.3) is 0 Å². The molecule has 0 unspecified atom stereocenters. The van der Waals surface area contributed by atoms with Crippen molar-refractivity contribution in [1.82, 2.24) is 9.97 Å². The highest BCUT2D eigenvalue weighted by Crippen LogP contribution is 2.28. The number of aromatic nitrogens is 2. The van der Waals surface area contributed by atoms with Crippen molar-refractivity contribution in [2.75, 3.05) is 11.1 Å². The number of nitrogen functional groups attached to an aromatic ring is 1. The highest BCUT2D eigenvalue weighted by atomic mass is 32.1. The van der Waals surface area contributed by atoms with Crippen LogP contribution in [0.25, 0.3) is 0 Å². The quantitative estimate of drug-likeness (QED) is 0.792. The van der Waals surface area contributed by atoms with Gasteiger partial charge in [-0.1, -0.05) is 0 Å². The molecule has 2 aromatic heterocycles. The highest BCUT2D eigenvalue weighted by molar-refractivity contribution is 7.09. The third kappa shape index (κ3) is 2.82. The van der Waals surface area contributed by atoms with Crippen molar-refractivity contribution >= 4 is 28.8 Å². The third-order valence-electron chi connectivity index (χ3n) is 2.54. The van der Waals surface area contributed by atoms with Crippen molar-refractivity contribution in [3.63, 3.8) is 0 Å². The van der Waals surface area contributed by atoms with E-state index >= 15 is 0 Å². The molecule has 0 bridgehead atoms. The van der Waals surface area contributed by atoms with Gasteiger partial charge in [-0.25, -0.2) is 14.8 Å². The smallest absolute Gasteiger partial charge is 0.339 e. The molecule has 0 saturated heterocycles. The fourth-order valence-electron chi connectivity index (χ4n) is 1.63. The first-order valence-electron chi connectivity index (χ1n) is 5.57. The Hall–Kier alpha value is -2.15. The molecule has 0 radical (unpaired) electrons. The first kappa shape index (κ1) is 13.3. The molecule has 0 fully saturated rings. The van der Waals surface area contributed by atoms with Crippen LogP contribution in [0.3, 0.4) is 0 Å². The van der Waals surface area contributed by atoms with Crippen molar-refractivity contribution in [3.8, 4) is 0 Å². The van der Waals surface area contributed by atoms with Gasteiger partial charge in [0, 0.05) is 11.6 Å². The fraction of sp³-hybridized carbons (Fsp3) is 0.250. The number of rotatable bonds is 4. The van der Waals surface area contributed by atoms with E-state index in [-0.39, 0.29) is 11.4 Å². The van der Waals surface area contributed by atoms with Gasteiger partial charge in [0.15, 0.2) is 0 Å². The molecule has 0 aliphatic carbocycles. The first-order valence-corrected chi connectivity index (χ1v) is 6.45. The Balaban J connectivity index is 2.36. The molecule has 0 spiro atoms. The zero-order valence-electron chi connectivity index (χ0n) is 10.5. The molecule has 2 rings (SSSR count). The van der Waals surface area contributed by atoms with E-state index in [1.165, 1.54) is 23.6 Å². The van der Waals surface area contributed by atoms with Gasteiger partial charge in [-0.15, -0.1) is 11.3 Å². The predicted molar refractivity (Wildman–Crippen MR) is 74.4 cm³/mol. The summed E-state index contributed by atoms with van der Waals surface area (Å²) < 4.78 is 0. The molecule has 4 N–H and O–H groups in total. The van der Waals surface area contributed by atoms with E-state index in [1.54, 1.807) is 6.20 Å². The van der Waals surface area contributed by atoms with E-state index in [1.807, 2.05) is 19.2 Å². The lowest BCUT2D eigenvalue weighted by Gasteiger charge is -2.25. The van der Waals surface area contributed by atoms with Crippen LogP contribution in [0.5, 0.6) is 0 Å². The number of aromatic carboxylic acids is 1. The summed E-state index contributed by atoms with van der Waals surface area (Å²) in [6.07, 6.45) is 3.13. The first-order chi connectivity index (χ1) is 8.90. The molecule has 19 heavy (non-hydrogen) atoms. The van der Waals surface area contributed by atoms with Crippen LogP contribution in [0.1, 0.15) is 29.2 Å². The number of pyridine rings is 1. The molecule has 0 aliphatic rings. The van der Waals surface area contributed by atoms with E-state index in [0.29, 0.717) is 5.69 Å². The van der Waals surface area contributed by atoms with Crippen molar-refractivity contribution in [3.05, 3.63) is 34.4 Å². The Labute approximate surface area is 114 Å². The Bertz CT molecular complexity index is 596. The Morgan fingerprint density at radius 3 is 2.79 bits per heavy atom. The molecule has 0 amide bonds. The fourth-order valence-corrected chi connectivity index (χ4v) is 2.34. The second kappa shape index (κ2) is 4.85. The van der Waals surface area contributed by atoms with Crippen LogP contribution >= 0.6 is 11.3 Å². The molecule has 2 aromatic rings. The minimum atomic E-state index is -1.07. The molecule has 2 heterocycles. The summed E-state index contributed by atoms with van der Waals surface area (Å²) in [5, 5.41) is 15.0. The van der Waals surface area contributed by atoms with Gasteiger partial charge in [-0.3, -0.25) is 0 Å². The summed E-state index contributed by atoms with van der Waals surface area (Å²) in [4.78, 5) is 19.5. The largest absolute Gasteiger partial charge is 0.478 e. The predicted octanol–water partition coefficient (Wildman–Crippen LogP) is 2.17. The number of nitrogens with two attached hydrogens (primary N) is 1. The van der Waals surface area contributed by atoms with Crippen molar-refractivity contribution in [2.24, 2.45) is 0 Å². The summed E-state index contributed by atoms with van der Waals surface area (Å²) in [5.41, 5.74) is 5.41. The van der Waals surface area contributed by atoms with E-state index in [4.69, 9.17) is 10.8 Å². The Kier molecular flexibility index (Phi) is 3.39. The lowest BCUT2D eigenvalue weighted by molar-refractivity contribution is 0.0697. The van der Waals surface area contributed by atoms with E-state index in [9.17, 15) is 4.79 Å². The number of carbonyl (C=O) groups is 1. The maximum Gasteiger partial charge on any atom is 0.339 e. The number of hydrogen-bond donors (Lipinski definition) is 3. The summed E-state index contributed by atoms with van der Waals surface area (Å²) in [6, 6.07) is 1.38. The van der Waals surface area contributed by atoms with Crippen LogP contribution in [0, 0.1) is 0 Å². The van der Waals surface area contributed by atoms with Gasteiger partial charge in [-0.05, 0) is 19.9 Å². The molecule has 6 nitrogen and oxygen atoms in total. The molecule has 0 saturated carbocycles. The van der Waals surface area contributed by atoms with Crippen molar-refractivity contribution in [2.45, 2.75) is 19.4 Å². The van der Waals surface area contributed by atoms with Crippen molar-refractivity contribution in [1.29, 1.82) is 0 Å². The average Bonchev–Trinajstić information content (AvgIpc) is 2.85. The molecule has 0 atom stereocenters. The third-order valence-corrected chi connectivity index (χ3v) is 3.63. The minimum absolute atomic E-state index is 0.0460. The molecule has 100 valence electrons. The Morgan fingerprint density at radius 1 is 1.47 bits per heavy atom. The number of carboxylic acids is 1. The minimum Gasteiger partial charge on any atom is -0.478 e. The Morgan fingerprint density at radius 2 is 2.21 bits per heavy atom. The molecular formula is C12H14N4O2S. The zero-order valence-corrected chi connectivity index (χ0v) is 11.4. The SMILES string of the molecule is CC(C)(Nc1ncc(N)cc1C(=O)O)c1nccs1. The van der Waals surface area contributed by atoms with Gasteiger partial charge < -0.3 is 16.2 Å². The number of thiazole rings is 1. The number of nitrogens with zero attached hydrogens (tertiary/aromatic N) is 2. The molecule has 0 aromatic carbocycles. The summed E-state index contributed by atoms with van der Waals surface area (Å²) in [6.45, 7) is 3.82. The number of anilines is 2. The van der Waals surface area contributed by atoms with Gasteiger partial charge in [0.05, 0.1) is 17.4 Å². The number of hydrogen-bond acceptors (Lipinski definition) is 6. The van der Waals surface area contributed by atoms with E-state index < -0.39 is 11.5 Å². The van der Waals surface area contributed by atoms with Gasteiger partial charge in [-0.2, -0.15) is 0 Å². The van der Waals surface area contributed by atoms with E-state index in [0.717, 1.165) is 5.01 Å². The number of nitrogens with one attached hydrogen (secondary N) is 1. The summed E-state index contributed by atoms with van der Waals surface area (Å²) >= 11 is 1.49. The van der Waals surface area contributed by atoms with Gasteiger partial charge in [0.1, 0.15) is 16.4 Å². The van der Waals surface area contributed by atoms with Gasteiger partial charge >= 0.3 is 5.97 Å². The van der Waals surface area contributed by atoms with Crippen LogP contribution in [-0.4, -0.2) is 21.0 Å².